The molecule has 232 valence electrons. The lowest BCUT2D eigenvalue weighted by Gasteiger charge is -2.39. The summed E-state index contributed by atoms with van der Waals surface area (Å²) in [4.78, 5) is 45.6. The zero-order chi connectivity index (χ0) is 31.2. The minimum atomic E-state index is -2.98. The number of methoxy groups -OCH3 is 1. The Kier molecular flexibility index (Phi) is 8.25. The number of nitrogens with one attached hydrogen (secondary N) is 2. The molecular weight excluding hydrogens is 599 g/mol. The number of alkyl halides is 2. The summed E-state index contributed by atoms with van der Waals surface area (Å²) in [5.41, 5.74) is 1.36. The van der Waals surface area contributed by atoms with E-state index in [-0.39, 0.29) is 39.5 Å². The van der Waals surface area contributed by atoms with Crippen LogP contribution in [0, 0.1) is 5.82 Å². The maximum absolute atomic E-state index is 14.7. The molecule has 3 heterocycles. The molecule has 2 amide bonds. The predicted molar refractivity (Wildman–Crippen MR) is 158 cm³/mol. The molecule has 3 aliphatic rings. The van der Waals surface area contributed by atoms with Crippen LogP contribution in [0.1, 0.15) is 69.6 Å². The molecule has 2 saturated carbocycles. The van der Waals surface area contributed by atoms with E-state index in [1.165, 1.54) is 6.07 Å². The van der Waals surface area contributed by atoms with Crippen molar-refractivity contribution in [1.29, 1.82) is 0 Å². The molecule has 0 spiro atoms. The molecule has 2 N–H and O–H groups in total. The van der Waals surface area contributed by atoms with E-state index in [4.69, 9.17) is 16.3 Å². The number of nitrogens with zero attached hydrogens (tertiary/aromatic N) is 3. The van der Waals surface area contributed by atoms with E-state index in [0.717, 1.165) is 48.3 Å². The maximum atomic E-state index is 14.7. The number of hydrogen-bond donors (Lipinski definition) is 2. The summed E-state index contributed by atoms with van der Waals surface area (Å²) in [7, 11) is 1.60. The first-order valence-corrected chi connectivity index (χ1v) is 14.9. The number of amides is 2. The highest BCUT2D eigenvalue weighted by atomic mass is 35.5. The van der Waals surface area contributed by atoms with Crippen molar-refractivity contribution in [1.82, 2.24) is 19.8 Å². The van der Waals surface area contributed by atoms with Gasteiger partial charge in [-0.25, -0.2) is 18.2 Å². The van der Waals surface area contributed by atoms with Gasteiger partial charge in [0.2, 0.25) is 0 Å². The molecule has 44 heavy (non-hydrogen) atoms. The largest absolute Gasteiger partial charge is 0.383 e. The lowest BCUT2D eigenvalue weighted by atomic mass is 9.96. The lowest BCUT2D eigenvalue weighted by molar-refractivity contribution is -0.113. The predicted octanol–water partition coefficient (Wildman–Crippen LogP) is 4.99. The topological polar surface area (TPSA) is 106 Å². The summed E-state index contributed by atoms with van der Waals surface area (Å²) in [6.07, 6.45) is 5.19. The monoisotopic (exact) mass is 629 g/mol. The Morgan fingerprint density at radius 1 is 1.09 bits per heavy atom. The van der Waals surface area contributed by atoms with Gasteiger partial charge in [-0.3, -0.25) is 14.4 Å². The lowest BCUT2D eigenvalue weighted by Crippen LogP contribution is -2.58. The third-order valence-electron chi connectivity index (χ3n) is 7.91. The number of halogens is 4. The second-order valence-electron chi connectivity index (χ2n) is 11.6. The van der Waals surface area contributed by atoms with Crippen molar-refractivity contribution in [2.24, 2.45) is 0 Å². The van der Waals surface area contributed by atoms with Crippen molar-refractivity contribution in [2.75, 3.05) is 38.7 Å². The SMILES string of the molecule is COCCNCc1cc(C(=O)Nc2cc(-c3cc(F)c(Cl)cc3C(=O)N3CC(F)(F)C3)cc(C3CC3)n2)c(=O)n(C2CC2)c1. The Hall–Kier alpha value is -3.74. The smallest absolute Gasteiger partial charge is 0.282 e. The van der Waals surface area contributed by atoms with Crippen molar-refractivity contribution in [3.8, 4) is 11.1 Å². The quantitative estimate of drug-likeness (QED) is 0.290. The highest BCUT2D eigenvalue weighted by Gasteiger charge is 2.47. The number of carbonyl (C=O) groups is 2. The zero-order valence-electron chi connectivity index (χ0n) is 24.0. The van der Waals surface area contributed by atoms with Gasteiger partial charge in [-0.1, -0.05) is 11.6 Å². The first-order valence-electron chi connectivity index (χ1n) is 14.5. The highest BCUT2D eigenvalue weighted by Crippen LogP contribution is 2.42. The molecule has 0 bridgehead atoms. The minimum absolute atomic E-state index is 0.0398. The van der Waals surface area contributed by atoms with Crippen molar-refractivity contribution in [2.45, 2.75) is 50.1 Å². The van der Waals surface area contributed by atoms with E-state index in [9.17, 15) is 27.6 Å². The van der Waals surface area contributed by atoms with Gasteiger partial charge < -0.3 is 24.8 Å². The van der Waals surface area contributed by atoms with E-state index < -0.39 is 42.2 Å². The van der Waals surface area contributed by atoms with E-state index >= 15 is 0 Å². The summed E-state index contributed by atoms with van der Waals surface area (Å²) >= 11 is 6.01. The molecular formula is C31H31ClF3N5O4. The Balaban J connectivity index is 1.34. The number of ether oxygens (including phenoxy) is 1. The van der Waals surface area contributed by atoms with Gasteiger partial charge in [-0.2, -0.15) is 0 Å². The van der Waals surface area contributed by atoms with Gasteiger partial charge >= 0.3 is 0 Å². The summed E-state index contributed by atoms with van der Waals surface area (Å²) in [5, 5.41) is 5.64. The summed E-state index contributed by atoms with van der Waals surface area (Å²) in [6.45, 7) is 0.0424. The fourth-order valence-corrected chi connectivity index (χ4v) is 5.45. The van der Waals surface area contributed by atoms with Crippen molar-refractivity contribution >= 4 is 29.2 Å². The molecule has 0 unspecified atom stereocenters. The number of likely N-dealkylation sites (tertiary alicyclic amines) is 1. The summed E-state index contributed by atoms with van der Waals surface area (Å²) < 4.78 is 48.5. The molecule has 3 fully saturated rings. The van der Waals surface area contributed by atoms with Crippen LogP contribution in [-0.4, -0.2) is 65.5 Å². The second kappa shape index (κ2) is 12.0. The fraction of sp³-hybridized carbons (Fsp3) is 0.419. The molecule has 1 saturated heterocycles. The van der Waals surface area contributed by atoms with Crippen LogP contribution in [0.5, 0.6) is 0 Å². The number of pyridine rings is 2. The second-order valence-corrected chi connectivity index (χ2v) is 12.0. The van der Waals surface area contributed by atoms with Gasteiger partial charge in [0.05, 0.1) is 24.7 Å². The normalized spacial score (nSPS) is 17.3. The van der Waals surface area contributed by atoms with Gasteiger partial charge in [0.1, 0.15) is 17.2 Å². The van der Waals surface area contributed by atoms with E-state index in [1.54, 1.807) is 30.0 Å². The zero-order valence-corrected chi connectivity index (χ0v) is 24.7. The van der Waals surface area contributed by atoms with E-state index in [1.807, 2.05) is 0 Å². The number of aromatic nitrogens is 2. The van der Waals surface area contributed by atoms with Crippen LogP contribution in [0.4, 0.5) is 19.0 Å². The number of benzene rings is 1. The minimum Gasteiger partial charge on any atom is -0.383 e. The first-order chi connectivity index (χ1) is 21.0. The maximum Gasteiger partial charge on any atom is 0.282 e. The molecule has 6 rings (SSSR count). The average Bonchev–Trinajstić information content (AvgIpc) is 3.89. The molecule has 0 atom stereocenters. The van der Waals surface area contributed by atoms with Crippen molar-refractivity contribution in [3.63, 3.8) is 0 Å². The Labute approximate surface area is 256 Å². The van der Waals surface area contributed by atoms with Crippen LogP contribution in [-0.2, 0) is 11.3 Å². The van der Waals surface area contributed by atoms with Crippen molar-refractivity contribution in [3.05, 3.63) is 80.1 Å². The summed E-state index contributed by atoms with van der Waals surface area (Å²) in [5.74, 6) is -4.93. The van der Waals surface area contributed by atoms with Crippen LogP contribution in [0.15, 0.2) is 41.3 Å². The highest BCUT2D eigenvalue weighted by molar-refractivity contribution is 6.31. The summed E-state index contributed by atoms with van der Waals surface area (Å²) in [6, 6.07) is 6.98. The molecule has 3 aromatic rings. The molecule has 1 aliphatic heterocycles. The van der Waals surface area contributed by atoms with Gasteiger partial charge in [-0.15, -0.1) is 0 Å². The van der Waals surface area contributed by atoms with Crippen LogP contribution < -0.4 is 16.2 Å². The Morgan fingerprint density at radius 2 is 1.84 bits per heavy atom. The van der Waals surface area contributed by atoms with Crippen LogP contribution in [0.3, 0.4) is 0 Å². The third-order valence-corrected chi connectivity index (χ3v) is 8.20. The fourth-order valence-electron chi connectivity index (χ4n) is 5.28. The average molecular weight is 630 g/mol. The standard InChI is InChI=1S/C31H31ClF3N5O4/c1-44-7-6-36-13-17-8-23(30(43)40(14-17)20-4-5-20)28(41)38-27-10-19(9-26(37-27)18-2-3-18)21-12-25(33)24(32)11-22(21)29(42)39-15-31(34,35)16-39/h8-12,14,18,20,36H,2-7,13,15-16H2,1H3,(H,37,38,41). The first kappa shape index (κ1) is 30.3. The van der Waals surface area contributed by atoms with Gasteiger partial charge in [-0.05, 0) is 72.7 Å². The molecule has 13 heteroatoms. The number of rotatable bonds is 11. The molecule has 9 nitrogen and oxygen atoms in total. The van der Waals surface area contributed by atoms with E-state index in [2.05, 4.69) is 15.6 Å². The van der Waals surface area contributed by atoms with Gasteiger partial charge in [0.25, 0.3) is 23.3 Å². The van der Waals surface area contributed by atoms with Crippen LogP contribution in [0.25, 0.3) is 11.1 Å². The Bertz CT molecular complexity index is 1680. The van der Waals surface area contributed by atoms with Crippen molar-refractivity contribution < 1.29 is 27.5 Å². The molecule has 2 aromatic heterocycles. The molecule has 2 aliphatic carbocycles. The Morgan fingerprint density at radius 3 is 2.50 bits per heavy atom. The number of carbonyl (C=O) groups excluding carboxylic acids is 2. The molecule has 1 aromatic carbocycles. The van der Waals surface area contributed by atoms with Gasteiger partial charge in [0, 0.05) is 49.6 Å². The third kappa shape index (κ3) is 6.52. The van der Waals surface area contributed by atoms with Gasteiger partial charge in [0.15, 0.2) is 0 Å². The number of anilines is 1. The molecule has 0 radical (unpaired) electrons. The number of hydrogen-bond acceptors (Lipinski definition) is 6. The van der Waals surface area contributed by atoms with Crippen LogP contribution in [0.2, 0.25) is 5.02 Å². The van der Waals surface area contributed by atoms with Crippen LogP contribution >= 0.6 is 11.6 Å². The van der Waals surface area contributed by atoms with E-state index in [0.29, 0.717) is 31.0 Å².